The Morgan fingerprint density at radius 2 is 1.95 bits per heavy atom. The van der Waals surface area contributed by atoms with E-state index in [2.05, 4.69) is 5.32 Å². The summed E-state index contributed by atoms with van der Waals surface area (Å²) in [7, 11) is 0. The lowest BCUT2D eigenvalue weighted by Gasteiger charge is -2.33. The van der Waals surface area contributed by atoms with Gasteiger partial charge in [0.2, 0.25) is 11.8 Å². The number of aliphatic carboxylic acids is 1. The molecule has 0 aliphatic heterocycles. The smallest absolute Gasteiger partial charge is 0.307 e. The second kappa shape index (κ2) is 4.95. The predicted octanol–water partition coefficient (Wildman–Crippen LogP) is 2.30. The Kier molecular flexibility index (Phi) is 3.50. The lowest BCUT2D eigenvalue weighted by molar-refractivity contribution is -0.145. The third-order valence-corrected chi connectivity index (χ3v) is 3.08. The quantitative estimate of drug-likeness (QED) is 0.881. The highest BCUT2D eigenvalue weighted by molar-refractivity contribution is 5.94. The summed E-state index contributed by atoms with van der Waals surface area (Å²) in [6.45, 7) is 0. The molecule has 0 radical (unpaired) electrons. The van der Waals surface area contributed by atoms with Crippen LogP contribution in [0.4, 0.5) is 14.5 Å². The summed E-state index contributed by atoms with van der Waals surface area (Å²) in [6, 6.07) is 6.45. The highest BCUT2D eigenvalue weighted by atomic mass is 19.3. The summed E-state index contributed by atoms with van der Waals surface area (Å²) >= 11 is 0. The zero-order valence-electron chi connectivity index (χ0n) is 10.0. The monoisotopic (exact) mass is 269 g/mol. The maximum Gasteiger partial charge on any atom is 0.307 e. The van der Waals surface area contributed by atoms with Crippen molar-refractivity contribution in [2.75, 3.05) is 5.32 Å². The van der Waals surface area contributed by atoms with E-state index in [9.17, 15) is 18.4 Å². The number of anilines is 1. The summed E-state index contributed by atoms with van der Waals surface area (Å²) in [5.74, 6) is -4.95. The Morgan fingerprint density at radius 1 is 1.32 bits per heavy atom. The first-order valence-corrected chi connectivity index (χ1v) is 5.86. The van der Waals surface area contributed by atoms with Crippen LogP contribution in [0.15, 0.2) is 24.3 Å². The highest BCUT2D eigenvalue weighted by Crippen LogP contribution is 2.42. The molecule has 1 aliphatic rings. The van der Waals surface area contributed by atoms with E-state index in [1.54, 1.807) is 24.3 Å². The fourth-order valence-corrected chi connectivity index (χ4v) is 2.04. The molecule has 1 amide bonds. The van der Waals surface area contributed by atoms with E-state index in [0.717, 1.165) is 0 Å². The first kappa shape index (κ1) is 13.5. The molecule has 1 aliphatic carbocycles. The molecular formula is C13H13F2NO3. The van der Waals surface area contributed by atoms with Gasteiger partial charge in [0.25, 0.3) is 0 Å². The molecule has 0 bridgehead atoms. The van der Waals surface area contributed by atoms with Crippen LogP contribution in [0.1, 0.15) is 18.4 Å². The molecule has 102 valence electrons. The van der Waals surface area contributed by atoms with Crippen LogP contribution in [0.3, 0.4) is 0 Å². The maximum atomic E-state index is 12.7. The lowest BCUT2D eigenvalue weighted by Crippen LogP contribution is -2.42. The second-order valence-electron chi connectivity index (χ2n) is 4.68. The van der Waals surface area contributed by atoms with Gasteiger partial charge in [0, 0.05) is 24.4 Å². The lowest BCUT2D eigenvalue weighted by atomic mass is 9.80. The number of nitrogens with one attached hydrogen (secondary N) is 1. The molecule has 1 aromatic carbocycles. The van der Waals surface area contributed by atoms with Crippen LogP contribution in [0.25, 0.3) is 0 Å². The molecule has 0 aromatic heterocycles. The summed E-state index contributed by atoms with van der Waals surface area (Å²) < 4.78 is 25.4. The van der Waals surface area contributed by atoms with E-state index in [4.69, 9.17) is 5.11 Å². The largest absolute Gasteiger partial charge is 0.481 e. The van der Waals surface area contributed by atoms with Crippen molar-refractivity contribution in [3.05, 3.63) is 29.8 Å². The Labute approximate surface area is 108 Å². The van der Waals surface area contributed by atoms with Crippen molar-refractivity contribution >= 4 is 17.6 Å². The summed E-state index contributed by atoms with van der Waals surface area (Å²) in [5, 5.41) is 11.3. The molecule has 0 atom stereocenters. The molecule has 0 unspecified atom stereocenters. The van der Waals surface area contributed by atoms with Gasteiger partial charge in [-0.1, -0.05) is 18.2 Å². The minimum atomic E-state index is -2.75. The molecule has 1 fully saturated rings. The van der Waals surface area contributed by atoms with Gasteiger partial charge in [0.15, 0.2) is 0 Å². The fraction of sp³-hybridized carbons (Fsp3) is 0.385. The Morgan fingerprint density at radius 3 is 2.53 bits per heavy atom. The topological polar surface area (TPSA) is 66.4 Å². The van der Waals surface area contributed by atoms with Crippen LogP contribution in [0.5, 0.6) is 0 Å². The van der Waals surface area contributed by atoms with Gasteiger partial charge in [-0.15, -0.1) is 0 Å². The third-order valence-electron chi connectivity index (χ3n) is 3.08. The standard InChI is InChI=1S/C13H13F2NO3/c14-13(15)6-9(7-13)12(19)16-10-4-2-1-3-8(10)5-11(17)18/h1-4,9H,5-7H2,(H,16,19)(H,17,18). The molecule has 0 heterocycles. The predicted molar refractivity (Wildman–Crippen MR) is 64.1 cm³/mol. The van der Waals surface area contributed by atoms with Gasteiger partial charge in [-0.2, -0.15) is 0 Å². The van der Waals surface area contributed by atoms with E-state index in [1.165, 1.54) is 0 Å². The summed E-state index contributed by atoms with van der Waals surface area (Å²) in [5.41, 5.74) is 0.819. The van der Waals surface area contributed by atoms with Crippen molar-refractivity contribution in [1.82, 2.24) is 0 Å². The van der Waals surface area contributed by atoms with E-state index < -0.39 is 36.6 Å². The molecule has 19 heavy (non-hydrogen) atoms. The number of para-hydroxylation sites is 1. The zero-order valence-corrected chi connectivity index (χ0v) is 10.0. The number of amides is 1. The van der Waals surface area contributed by atoms with Crippen molar-refractivity contribution in [2.45, 2.75) is 25.2 Å². The summed E-state index contributed by atoms with van der Waals surface area (Å²) in [6.07, 6.45) is -1.11. The van der Waals surface area contributed by atoms with Gasteiger partial charge in [-0.3, -0.25) is 9.59 Å². The number of carboxylic acid groups (broad SMARTS) is 1. The highest BCUT2D eigenvalue weighted by Gasteiger charge is 2.48. The third kappa shape index (κ3) is 3.27. The van der Waals surface area contributed by atoms with Crippen LogP contribution < -0.4 is 5.32 Å². The van der Waals surface area contributed by atoms with E-state index in [1.807, 2.05) is 0 Å². The van der Waals surface area contributed by atoms with Crippen molar-refractivity contribution in [2.24, 2.45) is 5.92 Å². The average molecular weight is 269 g/mol. The molecular weight excluding hydrogens is 256 g/mol. The van der Waals surface area contributed by atoms with Gasteiger partial charge in [0.05, 0.1) is 6.42 Å². The fourth-order valence-electron chi connectivity index (χ4n) is 2.04. The first-order valence-electron chi connectivity index (χ1n) is 5.86. The Bertz CT molecular complexity index is 508. The molecule has 0 saturated heterocycles. The number of carbonyl (C=O) groups is 2. The van der Waals surface area contributed by atoms with Crippen molar-refractivity contribution in [1.29, 1.82) is 0 Å². The average Bonchev–Trinajstić information content (AvgIpc) is 2.27. The second-order valence-corrected chi connectivity index (χ2v) is 4.68. The molecule has 2 N–H and O–H groups in total. The Hall–Kier alpha value is -1.98. The van der Waals surface area contributed by atoms with Crippen molar-refractivity contribution < 1.29 is 23.5 Å². The van der Waals surface area contributed by atoms with Gasteiger partial charge in [-0.05, 0) is 11.6 Å². The SMILES string of the molecule is O=C(O)Cc1ccccc1NC(=O)C1CC(F)(F)C1. The molecule has 1 aromatic rings. The van der Waals surface area contributed by atoms with E-state index in [-0.39, 0.29) is 6.42 Å². The van der Waals surface area contributed by atoms with Gasteiger partial charge in [0.1, 0.15) is 0 Å². The van der Waals surface area contributed by atoms with Crippen LogP contribution in [-0.4, -0.2) is 22.9 Å². The number of halogens is 2. The van der Waals surface area contributed by atoms with Crippen molar-refractivity contribution in [3.63, 3.8) is 0 Å². The van der Waals surface area contributed by atoms with Gasteiger partial charge in [-0.25, -0.2) is 8.78 Å². The van der Waals surface area contributed by atoms with Gasteiger partial charge < -0.3 is 10.4 Å². The summed E-state index contributed by atoms with van der Waals surface area (Å²) in [4.78, 5) is 22.4. The van der Waals surface area contributed by atoms with E-state index >= 15 is 0 Å². The molecule has 1 saturated carbocycles. The van der Waals surface area contributed by atoms with E-state index in [0.29, 0.717) is 11.3 Å². The number of alkyl halides is 2. The number of hydrogen-bond donors (Lipinski definition) is 2. The number of carbonyl (C=O) groups excluding carboxylic acids is 1. The minimum Gasteiger partial charge on any atom is -0.481 e. The van der Waals surface area contributed by atoms with Crippen molar-refractivity contribution in [3.8, 4) is 0 Å². The number of benzene rings is 1. The van der Waals surface area contributed by atoms with Gasteiger partial charge >= 0.3 is 5.97 Å². The van der Waals surface area contributed by atoms with Crippen LogP contribution in [0.2, 0.25) is 0 Å². The van der Waals surface area contributed by atoms with Crippen LogP contribution in [0, 0.1) is 5.92 Å². The molecule has 6 heteroatoms. The first-order chi connectivity index (χ1) is 8.87. The van der Waals surface area contributed by atoms with Crippen LogP contribution in [-0.2, 0) is 16.0 Å². The number of carboxylic acids is 1. The number of rotatable bonds is 4. The molecule has 4 nitrogen and oxygen atoms in total. The Balaban J connectivity index is 2.03. The normalized spacial score (nSPS) is 17.6. The molecule has 0 spiro atoms. The zero-order chi connectivity index (χ0) is 14.0. The molecule has 2 rings (SSSR count). The van der Waals surface area contributed by atoms with Crippen LogP contribution >= 0.6 is 0 Å². The number of hydrogen-bond acceptors (Lipinski definition) is 2. The maximum absolute atomic E-state index is 12.7. The minimum absolute atomic E-state index is 0.225.